The van der Waals surface area contributed by atoms with Crippen molar-refractivity contribution in [3.05, 3.63) is 0 Å². The standard InChI is InChI=1S/C28H44O14/c1-12(2)21(13(3)4)41-27-25(23(38-17(8)31)20(11-34-27)36-15(6)29)42-28-26(40-19(10)33)24(39-18(9)32)22(14(5)35-28)37-16(7)30/h12-14,20-28H,11H2,1-10H3/t14-,20-,22-,23-,24+,25+,26+,27-,28-/m0/s1. The Bertz CT molecular complexity index is 956. The first kappa shape index (κ1) is 35.4. The van der Waals surface area contributed by atoms with Gasteiger partial charge in [-0.2, -0.15) is 0 Å². The maximum Gasteiger partial charge on any atom is 0.303 e. The second kappa shape index (κ2) is 15.6. The van der Waals surface area contributed by atoms with Crippen molar-refractivity contribution in [1.82, 2.24) is 0 Å². The van der Waals surface area contributed by atoms with Crippen LogP contribution in [0.2, 0.25) is 0 Å². The highest BCUT2D eigenvalue weighted by molar-refractivity contribution is 5.69. The van der Waals surface area contributed by atoms with E-state index >= 15 is 0 Å². The lowest BCUT2D eigenvalue weighted by molar-refractivity contribution is -0.361. The predicted molar refractivity (Wildman–Crippen MR) is 141 cm³/mol. The molecule has 0 saturated carbocycles. The number of hydrogen-bond acceptors (Lipinski definition) is 14. The first-order valence-electron chi connectivity index (χ1n) is 14.0. The Kier molecular flexibility index (Phi) is 13.1. The number of carbonyl (C=O) groups excluding carboxylic acids is 5. The molecule has 0 unspecified atom stereocenters. The van der Waals surface area contributed by atoms with Gasteiger partial charge in [-0.1, -0.05) is 27.7 Å². The molecule has 0 aromatic rings. The maximum absolute atomic E-state index is 12.2. The van der Waals surface area contributed by atoms with Crippen molar-refractivity contribution in [1.29, 1.82) is 0 Å². The Balaban J connectivity index is 2.59. The third-order valence-corrected chi connectivity index (χ3v) is 6.53. The van der Waals surface area contributed by atoms with Crippen molar-refractivity contribution in [3.8, 4) is 0 Å². The molecule has 0 aromatic heterocycles. The summed E-state index contributed by atoms with van der Waals surface area (Å²) in [4.78, 5) is 60.2. The minimum absolute atomic E-state index is 0.0465. The van der Waals surface area contributed by atoms with Crippen molar-refractivity contribution in [2.24, 2.45) is 11.8 Å². The average molecular weight is 605 g/mol. The number of rotatable bonds is 11. The zero-order valence-electron chi connectivity index (χ0n) is 25.9. The van der Waals surface area contributed by atoms with Gasteiger partial charge in [-0.25, -0.2) is 0 Å². The van der Waals surface area contributed by atoms with E-state index in [0.717, 1.165) is 13.8 Å². The van der Waals surface area contributed by atoms with Crippen LogP contribution in [0.15, 0.2) is 0 Å². The average Bonchev–Trinajstić information content (AvgIpc) is 2.83. The fraction of sp³-hybridized carbons (Fsp3) is 0.821. The summed E-state index contributed by atoms with van der Waals surface area (Å²) in [6.07, 6.45) is -11.4. The molecule has 0 aromatic carbocycles. The largest absolute Gasteiger partial charge is 0.456 e. The topological polar surface area (TPSA) is 168 Å². The van der Waals surface area contributed by atoms with Crippen LogP contribution in [-0.2, 0) is 66.6 Å². The molecule has 14 heteroatoms. The highest BCUT2D eigenvalue weighted by atomic mass is 16.8. The Morgan fingerprint density at radius 3 is 1.52 bits per heavy atom. The molecule has 0 radical (unpaired) electrons. The summed E-state index contributed by atoms with van der Waals surface area (Å²) >= 11 is 0. The lowest BCUT2D eigenvalue weighted by Crippen LogP contribution is -2.65. The van der Waals surface area contributed by atoms with E-state index < -0.39 is 85.2 Å². The maximum atomic E-state index is 12.2. The molecule has 2 saturated heterocycles. The van der Waals surface area contributed by atoms with E-state index in [4.69, 9.17) is 42.6 Å². The monoisotopic (exact) mass is 604 g/mol. The van der Waals surface area contributed by atoms with Crippen LogP contribution in [-0.4, -0.2) is 97.9 Å². The van der Waals surface area contributed by atoms with Crippen LogP contribution in [0, 0.1) is 11.8 Å². The van der Waals surface area contributed by atoms with E-state index in [9.17, 15) is 24.0 Å². The van der Waals surface area contributed by atoms with E-state index in [2.05, 4.69) is 0 Å². The highest BCUT2D eigenvalue weighted by Gasteiger charge is 2.55. The van der Waals surface area contributed by atoms with Crippen molar-refractivity contribution < 1.29 is 66.6 Å². The van der Waals surface area contributed by atoms with Crippen LogP contribution in [0.5, 0.6) is 0 Å². The van der Waals surface area contributed by atoms with Gasteiger partial charge in [0.1, 0.15) is 0 Å². The van der Waals surface area contributed by atoms with E-state index in [1.165, 1.54) is 20.8 Å². The van der Waals surface area contributed by atoms with Crippen LogP contribution in [0.3, 0.4) is 0 Å². The van der Waals surface area contributed by atoms with Gasteiger partial charge >= 0.3 is 29.8 Å². The van der Waals surface area contributed by atoms with Crippen LogP contribution in [0.4, 0.5) is 0 Å². The Hall–Kier alpha value is -2.81. The summed E-state index contributed by atoms with van der Waals surface area (Å²) in [7, 11) is 0. The van der Waals surface area contributed by atoms with E-state index in [1.807, 2.05) is 27.7 Å². The summed E-state index contributed by atoms with van der Waals surface area (Å²) in [5.74, 6) is -3.45. The van der Waals surface area contributed by atoms with Gasteiger partial charge in [-0.05, 0) is 18.8 Å². The van der Waals surface area contributed by atoms with Crippen LogP contribution < -0.4 is 0 Å². The molecule has 14 nitrogen and oxygen atoms in total. The van der Waals surface area contributed by atoms with Gasteiger partial charge in [0, 0.05) is 34.6 Å². The van der Waals surface area contributed by atoms with Gasteiger partial charge in [0.15, 0.2) is 49.2 Å². The SMILES string of the molecule is CC(=O)O[C@@H]1[C@@H](OC(C)=O)[C@H](C)O[C@@H](O[C@H]2[C@H](OC(C(C)C)C(C)C)OC[C@H](OC(C)=O)[C@@H]2OC(C)=O)[C@@H]1OC(C)=O. The van der Waals surface area contributed by atoms with Gasteiger partial charge in [0.25, 0.3) is 0 Å². The number of carbonyl (C=O) groups is 5. The summed E-state index contributed by atoms with van der Waals surface area (Å²) in [5.41, 5.74) is 0. The molecule has 0 spiro atoms. The van der Waals surface area contributed by atoms with Crippen LogP contribution >= 0.6 is 0 Å². The van der Waals surface area contributed by atoms with E-state index in [1.54, 1.807) is 6.92 Å². The van der Waals surface area contributed by atoms with E-state index in [0.29, 0.717) is 0 Å². The Morgan fingerprint density at radius 1 is 0.595 bits per heavy atom. The molecule has 2 fully saturated rings. The van der Waals surface area contributed by atoms with E-state index in [-0.39, 0.29) is 24.5 Å². The zero-order valence-corrected chi connectivity index (χ0v) is 25.9. The predicted octanol–water partition coefficient (Wildman–Crippen LogP) is 1.83. The molecular weight excluding hydrogens is 560 g/mol. The minimum Gasteiger partial charge on any atom is -0.456 e. The summed E-state index contributed by atoms with van der Waals surface area (Å²) in [5, 5.41) is 0. The Labute approximate surface area is 245 Å². The third-order valence-electron chi connectivity index (χ3n) is 6.53. The van der Waals surface area contributed by atoms with Crippen LogP contribution in [0.1, 0.15) is 69.2 Å². The summed E-state index contributed by atoms with van der Waals surface area (Å²) in [6.45, 7) is 15.1. The molecule has 2 aliphatic heterocycles. The molecule has 0 N–H and O–H groups in total. The molecule has 2 heterocycles. The molecule has 2 rings (SSSR count). The van der Waals surface area contributed by atoms with Gasteiger partial charge in [0.2, 0.25) is 0 Å². The Morgan fingerprint density at radius 2 is 1.05 bits per heavy atom. The van der Waals surface area contributed by atoms with Gasteiger partial charge in [-0.15, -0.1) is 0 Å². The lowest BCUT2D eigenvalue weighted by Gasteiger charge is -2.47. The fourth-order valence-corrected chi connectivity index (χ4v) is 5.13. The first-order valence-corrected chi connectivity index (χ1v) is 14.0. The summed E-state index contributed by atoms with van der Waals surface area (Å²) in [6, 6.07) is 0. The molecule has 240 valence electrons. The fourth-order valence-electron chi connectivity index (χ4n) is 5.13. The second-order valence-corrected chi connectivity index (χ2v) is 11.0. The number of esters is 5. The zero-order chi connectivity index (χ0) is 31.9. The molecule has 42 heavy (non-hydrogen) atoms. The molecule has 0 aliphatic carbocycles. The molecule has 0 bridgehead atoms. The van der Waals surface area contributed by atoms with Gasteiger partial charge < -0.3 is 42.6 Å². The molecule has 2 aliphatic rings. The second-order valence-electron chi connectivity index (χ2n) is 11.0. The number of hydrogen-bond donors (Lipinski definition) is 0. The summed E-state index contributed by atoms with van der Waals surface area (Å²) < 4.78 is 51.9. The van der Waals surface area contributed by atoms with Crippen molar-refractivity contribution >= 4 is 29.8 Å². The highest BCUT2D eigenvalue weighted by Crippen LogP contribution is 2.34. The molecule has 9 atom stereocenters. The smallest absolute Gasteiger partial charge is 0.303 e. The first-order chi connectivity index (χ1) is 19.5. The third kappa shape index (κ3) is 9.89. The van der Waals surface area contributed by atoms with Crippen molar-refractivity contribution in [3.63, 3.8) is 0 Å². The van der Waals surface area contributed by atoms with Crippen LogP contribution in [0.25, 0.3) is 0 Å². The number of ether oxygens (including phenoxy) is 9. The van der Waals surface area contributed by atoms with Crippen molar-refractivity contribution in [2.75, 3.05) is 6.61 Å². The van der Waals surface area contributed by atoms with Gasteiger partial charge in [-0.3, -0.25) is 24.0 Å². The quantitative estimate of drug-likeness (QED) is 0.247. The van der Waals surface area contributed by atoms with Gasteiger partial charge in [0.05, 0.1) is 18.8 Å². The van der Waals surface area contributed by atoms with Crippen molar-refractivity contribution in [2.45, 2.75) is 131 Å². The minimum atomic E-state index is -1.47. The normalized spacial score (nSPS) is 31.4. The molecular formula is C28H44O14. The lowest BCUT2D eigenvalue weighted by atomic mass is 9.95. The molecule has 0 amide bonds.